The highest BCUT2D eigenvalue weighted by atomic mass is 32.1. The number of ether oxygens (including phenoxy) is 2. The third-order valence-corrected chi connectivity index (χ3v) is 5.27. The summed E-state index contributed by atoms with van der Waals surface area (Å²) >= 11 is 1.83. The van der Waals surface area contributed by atoms with Gasteiger partial charge < -0.3 is 9.47 Å². The van der Waals surface area contributed by atoms with Crippen LogP contribution >= 0.6 is 11.3 Å². The molecule has 1 heterocycles. The Hall–Kier alpha value is -1.56. The van der Waals surface area contributed by atoms with Gasteiger partial charge in [-0.1, -0.05) is 6.07 Å². The van der Waals surface area contributed by atoms with Gasteiger partial charge in [-0.15, -0.1) is 11.3 Å². The predicted octanol–water partition coefficient (Wildman–Crippen LogP) is 2.81. The molecule has 0 amide bonds. The van der Waals surface area contributed by atoms with Crippen LogP contribution in [0.15, 0.2) is 24.3 Å². The molecule has 0 saturated heterocycles. The minimum absolute atomic E-state index is 0.119. The SMILES string of the molecule is COc1cccc(OC)c1C(NN)c1cc2c(s1)CCC2. The number of rotatable bonds is 5. The molecule has 1 aliphatic carbocycles. The molecule has 0 bridgehead atoms. The molecule has 21 heavy (non-hydrogen) atoms. The topological polar surface area (TPSA) is 56.5 Å². The lowest BCUT2D eigenvalue weighted by molar-refractivity contribution is 0.377. The lowest BCUT2D eigenvalue weighted by atomic mass is 10.0. The van der Waals surface area contributed by atoms with Crippen molar-refractivity contribution in [2.75, 3.05) is 14.2 Å². The minimum atomic E-state index is -0.119. The zero-order chi connectivity index (χ0) is 14.8. The quantitative estimate of drug-likeness (QED) is 0.659. The average molecular weight is 304 g/mol. The van der Waals surface area contributed by atoms with Crippen LogP contribution in [0.4, 0.5) is 0 Å². The molecule has 112 valence electrons. The normalized spacial score (nSPS) is 14.8. The fourth-order valence-corrected chi connectivity index (χ4v) is 4.29. The first kappa shape index (κ1) is 14.4. The Bertz CT molecular complexity index is 595. The molecule has 5 heteroatoms. The van der Waals surface area contributed by atoms with Gasteiger partial charge in [0.1, 0.15) is 11.5 Å². The number of fused-ring (bicyclic) bond motifs is 1. The van der Waals surface area contributed by atoms with Crippen molar-refractivity contribution in [3.05, 3.63) is 45.1 Å². The molecule has 1 aromatic heterocycles. The summed E-state index contributed by atoms with van der Waals surface area (Å²) in [5.74, 6) is 7.41. The van der Waals surface area contributed by atoms with Crippen molar-refractivity contribution in [3.8, 4) is 11.5 Å². The zero-order valence-corrected chi connectivity index (χ0v) is 13.1. The molecule has 1 aliphatic rings. The summed E-state index contributed by atoms with van der Waals surface area (Å²) in [5.41, 5.74) is 5.33. The first-order valence-corrected chi connectivity index (χ1v) is 7.88. The molecular weight excluding hydrogens is 284 g/mol. The van der Waals surface area contributed by atoms with Crippen molar-refractivity contribution < 1.29 is 9.47 Å². The number of hydrogen-bond donors (Lipinski definition) is 2. The maximum atomic E-state index is 5.85. The van der Waals surface area contributed by atoms with Gasteiger partial charge in [0.25, 0.3) is 0 Å². The van der Waals surface area contributed by atoms with Gasteiger partial charge in [0.05, 0.1) is 25.8 Å². The maximum absolute atomic E-state index is 5.85. The standard InChI is InChI=1S/C16H20N2O2S/c1-19-11-6-4-7-12(20-2)15(11)16(18-17)14-9-10-5-3-8-13(10)21-14/h4,6-7,9,16,18H,3,5,8,17H2,1-2H3. The van der Waals surface area contributed by atoms with E-state index in [1.165, 1.54) is 34.6 Å². The van der Waals surface area contributed by atoms with Crippen LogP contribution < -0.4 is 20.7 Å². The van der Waals surface area contributed by atoms with Crippen LogP contribution in [0.5, 0.6) is 11.5 Å². The highest BCUT2D eigenvalue weighted by Crippen LogP contribution is 2.41. The zero-order valence-electron chi connectivity index (χ0n) is 12.3. The van der Waals surface area contributed by atoms with Crippen LogP contribution in [0.25, 0.3) is 0 Å². The Kier molecular flexibility index (Phi) is 4.14. The Labute approximate surface area is 128 Å². The molecule has 0 saturated carbocycles. The number of nitrogens with one attached hydrogen (secondary N) is 1. The van der Waals surface area contributed by atoms with E-state index < -0.39 is 0 Å². The summed E-state index contributed by atoms with van der Waals surface area (Å²) in [5, 5.41) is 0. The van der Waals surface area contributed by atoms with Crippen molar-refractivity contribution in [2.45, 2.75) is 25.3 Å². The van der Waals surface area contributed by atoms with E-state index >= 15 is 0 Å². The van der Waals surface area contributed by atoms with E-state index in [-0.39, 0.29) is 6.04 Å². The maximum Gasteiger partial charge on any atom is 0.127 e. The van der Waals surface area contributed by atoms with Gasteiger partial charge in [0, 0.05) is 9.75 Å². The van der Waals surface area contributed by atoms with Crippen molar-refractivity contribution in [2.24, 2.45) is 5.84 Å². The summed E-state index contributed by atoms with van der Waals surface area (Å²) < 4.78 is 11.0. The van der Waals surface area contributed by atoms with E-state index in [1.54, 1.807) is 14.2 Å². The monoisotopic (exact) mass is 304 g/mol. The number of hydrazine groups is 1. The third kappa shape index (κ3) is 2.52. The summed E-state index contributed by atoms with van der Waals surface area (Å²) in [4.78, 5) is 2.70. The third-order valence-electron chi connectivity index (χ3n) is 3.97. The van der Waals surface area contributed by atoms with Gasteiger partial charge >= 0.3 is 0 Å². The van der Waals surface area contributed by atoms with Gasteiger partial charge in [0.2, 0.25) is 0 Å². The number of thiophene rings is 1. The Morgan fingerprint density at radius 2 is 1.90 bits per heavy atom. The van der Waals surface area contributed by atoms with Crippen LogP contribution in [0.1, 0.15) is 33.3 Å². The average Bonchev–Trinajstić information content (AvgIpc) is 3.09. The van der Waals surface area contributed by atoms with E-state index in [2.05, 4.69) is 11.5 Å². The molecule has 1 unspecified atom stereocenters. The smallest absolute Gasteiger partial charge is 0.127 e. The van der Waals surface area contributed by atoms with Gasteiger partial charge in [-0.05, 0) is 43.0 Å². The molecule has 2 aromatic rings. The van der Waals surface area contributed by atoms with Gasteiger partial charge in [-0.3, -0.25) is 5.84 Å². The Balaban J connectivity index is 2.07. The molecule has 3 N–H and O–H groups in total. The van der Waals surface area contributed by atoms with Crippen LogP contribution in [-0.4, -0.2) is 14.2 Å². The van der Waals surface area contributed by atoms with E-state index in [4.69, 9.17) is 15.3 Å². The first-order valence-electron chi connectivity index (χ1n) is 7.07. The molecule has 4 nitrogen and oxygen atoms in total. The number of aryl methyl sites for hydroxylation is 2. The van der Waals surface area contributed by atoms with E-state index in [0.717, 1.165) is 17.1 Å². The van der Waals surface area contributed by atoms with Crippen molar-refractivity contribution in [3.63, 3.8) is 0 Å². The van der Waals surface area contributed by atoms with E-state index in [9.17, 15) is 0 Å². The number of benzene rings is 1. The largest absolute Gasteiger partial charge is 0.496 e. The number of hydrogen-bond acceptors (Lipinski definition) is 5. The molecule has 3 rings (SSSR count). The summed E-state index contributed by atoms with van der Waals surface area (Å²) in [6.45, 7) is 0. The van der Waals surface area contributed by atoms with Gasteiger partial charge in [-0.2, -0.15) is 0 Å². The summed E-state index contributed by atoms with van der Waals surface area (Å²) in [7, 11) is 3.33. The Morgan fingerprint density at radius 1 is 1.19 bits per heavy atom. The second-order valence-electron chi connectivity index (χ2n) is 5.13. The molecule has 1 aromatic carbocycles. The van der Waals surface area contributed by atoms with Crippen LogP contribution in [0, 0.1) is 0 Å². The van der Waals surface area contributed by atoms with E-state index in [1.807, 2.05) is 29.5 Å². The van der Waals surface area contributed by atoms with Crippen LogP contribution in [0.3, 0.4) is 0 Å². The van der Waals surface area contributed by atoms with Crippen molar-refractivity contribution in [1.29, 1.82) is 0 Å². The fourth-order valence-electron chi connectivity index (χ4n) is 2.97. The Morgan fingerprint density at radius 3 is 2.48 bits per heavy atom. The van der Waals surface area contributed by atoms with Crippen LogP contribution in [0.2, 0.25) is 0 Å². The van der Waals surface area contributed by atoms with Crippen molar-refractivity contribution in [1.82, 2.24) is 5.43 Å². The van der Waals surface area contributed by atoms with Crippen LogP contribution in [-0.2, 0) is 12.8 Å². The number of nitrogens with two attached hydrogens (primary N) is 1. The van der Waals surface area contributed by atoms with Crippen molar-refractivity contribution >= 4 is 11.3 Å². The van der Waals surface area contributed by atoms with Gasteiger partial charge in [0.15, 0.2) is 0 Å². The number of methoxy groups -OCH3 is 2. The predicted molar refractivity (Wildman–Crippen MR) is 85.1 cm³/mol. The lowest BCUT2D eigenvalue weighted by Gasteiger charge is -2.20. The van der Waals surface area contributed by atoms with E-state index in [0.29, 0.717) is 0 Å². The molecular formula is C16H20N2O2S. The first-order chi connectivity index (χ1) is 10.3. The lowest BCUT2D eigenvalue weighted by Crippen LogP contribution is -2.29. The highest BCUT2D eigenvalue weighted by Gasteiger charge is 2.25. The fraction of sp³-hybridized carbons (Fsp3) is 0.375. The highest BCUT2D eigenvalue weighted by molar-refractivity contribution is 7.12. The molecule has 1 atom stereocenters. The molecule has 0 aliphatic heterocycles. The summed E-state index contributed by atoms with van der Waals surface area (Å²) in [6, 6.07) is 7.94. The minimum Gasteiger partial charge on any atom is -0.496 e. The molecule has 0 radical (unpaired) electrons. The molecule has 0 spiro atoms. The second kappa shape index (κ2) is 6.05. The summed E-state index contributed by atoms with van der Waals surface area (Å²) in [6.07, 6.45) is 3.62. The molecule has 0 fully saturated rings. The van der Waals surface area contributed by atoms with Gasteiger partial charge in [-0.25, -0.2) is 5.43 Å². The second-order valence-corrected chi connectivity index (χ2v) is 6.29.